The van der Waals surface area contributed by atoms with Crippen molar-refractivity contribution in [2.75, 3.05) is 0 Å². The van der Waals surface area contributed by atoms with Crippen LogP contribution in [0.5, 0.6) is 0 Å². The predicted octanol–water partition coefficient (Wildman–Crippen LogP) is 2.68. The van der Waals surface area contributed by atoms with E-state index in [1.54, 1.807) is 6.20 Å². The van der Waals surface area contributed by atoms with Gasteiger partial charge in [-0.15, -0.1) is 0 Å². The molecule has 1 unspecified atom stereocenters. The van der Waals surface area contributed by atoms with E-state index in [0.717, 1.165) is 5.69 Å². The van der Waals surface area contributed by atoms with Crippen LogP contribution in [0.2, 0.25) is 0 Å². The van der Waals surface area contributed by atoms with Gasteiger partial charge in [0, 0.05) is 6.20 Å². The molecule has 1 amide bonds. The molecular weight excluding hydrogens is 268 g/mol. The molecule has 0 radical (unpaired) electrons. The second-order valence-electron chi connectivity index (χ2n) is 4.13. The number of hydrogen-bond acceptors (Lipinski definition) is 2. The molecule has 1 N–H and O–H groups in total. The van der Waals surface area contributed by atoms with E-state index in [2.05, 4.69) is 26.2 Å². The topological polar surface area (TPSA) is 42.0 Å². The average Bonchev–Trinajstić information content (AvgIpc) is 2.28. The molecule has 1 heterocycles. The first-order chi connectivity index (χ1) is 7.52. The van der Waals surface area contributed by atoms with Crippen LogP contribution in [0.1, 0.15) is 32.5 Å². The van der Waals surface area contributed by atoms with Gasteiger partial charge in [0.25, 0.3) is 0 Å². The van der Waals surface area contributed by atoms with Crippen molar-refractivity contribution in [1.82, 2.24) is 10.3 Å². The standard InChI is InChI=1S/C12H17BrN2O/c1-8(2)11(13)12(16)15-9(3)10-6-4-5-7-14-10/h4-9,11H,1-3H3,(H,15,16)/t9-,11?/m1/s1. The van der Waals surface area contributed by atoms with Crippen molar-refractivity contribution in [3.05, 3.63) is 30.1 Å². The van der Waals surface area contributed by atoms with Gasteiger partial charge < -0.3 is 5.32 Å². The van der Waals surface area contributed by atoms with Gasteiger partial charge in [-0.2, -0.15) is 0 Å². The fraction of sp³-hybridized carbons (Fsp3) is 0.500. The first kappa shape index (κ1) is 13.2. The third-order valence-corrected chi connectivity index (χ3v) is 3.80. The summed E-state index contributed by atoms with van der Waals surface area (Å²) < 4.78 is 0. The molecule has 0 bridgehead atoms. The maximum absolute atomic E-state index is 11.8. The zero-order valence-corrected chi connectivity index (χ0v) is 11.4. The Balaban J connectivity index is 2.58. The first-order valence-electron chi connectivity index (χ1n) is 5.37. The minimum absolute atomic E-state index is 0.00755. The Morgan fingerprint density at radius 3 is 2.56 bits per heavy atom. The van der Waals surface area contributed by atoms with E-state index >= 15 is 0 Å². The first-order valence-corrected chi connectivity index (χ1v) is 6.29. The van der Waals surface area contributed by atoms with Crippen LogP contribution in [0, 0.1) is 5.92 Å². The number of amides is 1. The van der Waals surface area contributed by atoms with Crippen LogP contribution in [0.3, 0.4) is 0 Å². The van der Waals surface area contributed by atoms with Crippen molar-refractivity contribution in [3.63, 3.8) is 0 Å². The molecule has 3 nitrogen and oxygen atoms in total. The van der Waals surface area contributed by atoms with Crippen LogP contribution in [0.25, 0.3) is 0 Å². The number of hydrogen-bond donors (Lipinski definition) is 1. The molecule has 0 aliphatic heterocycles. The smallest absolute Gasteiger partial charge is 0.234 e. The second-order valence-corrected chi connectivity index (χ2v) is 5.12. The molecule has 0 fully saturated rings. The number of nitrogens with one attached hydrogen (secondary N) is 1. The Labute approximate surface area is 105 Å². The monoisotopic (exact) mass is 284 g/mol. The number of alkyl halides is 1. The van der Waals surface area contributed by atoms with E-state index in [1.165, 1.54) is 0 Å². The molecule has 1 rings (SSSR count). The van der Waals surface area contributed by atoms with Crippen LogP contribution >= 0.6 is 15.9 Å². The lowest BCUT2D eigenvalue weighted by Gasteiger charge is -2.18. The van der Waals surface area contributed by atoms with E-state index < -0.39 is 0 Å². The van der Waals surface area contributed by atoms with Crippen LogP contribution in [0.15, 0.2) is 24.4 Å². The van der Waals surface area contributed by atoms with E-state index in [0.29, 0.717) is 0 Å². The molecule has 4 heteroatoms. The summed E-state index contributed by atoms with van der Waals surface area (Å²) in [6.07, 6.45) is 1.73. The number of pyridine rings is 1. The lowest BCUT2D eigenvalue weighted by Crippen LogP contribution is -2.35. The minimum Gasteiger partial charge on any atom is -0.347 e. The Kier molecular flexibility index (Phi) is 4.93. The van der Waals surface area contributed by atoms with Gasteiger partial charge >= 0.3 is 0 Å². The largest absolute Gasteiger partial charge is 0.347 e. The van der Waals surface area contributed by atoms with Gasteiger partial charge in [0.05, 0.1) is 16.6 Å². The van der Waals surface area contributed by atoms with Crippen molar-refractivity contribution in [1.29, 1.82) is 0 Å². The normalized spacial score (nSPS) is 14.6. The second kappa shape index (κ2) is 5.99. The number of rotatable bonds is 4. The van der Waals surface area contributed by atoms with Crippen LogP contribution in [0.4, 0.5) is 0 Å². The summed E-state index contributed by atoms with van der Waals surface area (Å²) in [7, 11) is 0. The molecule has 1 aromatic rings. The molecule has 0 saturated carbocycles. The quantitative estimate of drug-likeness (QED) is 0.864. The molecule has 1 aromatic heterocycles. The summed E-state index contributed by atoms with van der Waals surface area (Å²) in [5.74, 6) is 0.282. The summed E-state index contributed by atoms with van der Waals surface area (Å²) in [6.45, 7) is 5.94. The van der Waals surface area contributed by atoms with Gasteiger partial charge in [-0.05, 0) is 25.0 Å². The molecular formula is C12H17BrN2O. The number of aromatic nitrogens is 1. The molecule has 16 heavy (non-hydrogen) atoms. The maximum Gasteiger partial charge on any atom is 0.234 e. The van der Waals surface area contributed by atoms with Gasteiger partial charge in [0.1, 0.15) is 0 Å². The Morgan fingerprint density at radius 1 is 1.38 bits per heavy atom. The van der Waals surface area contributed by atoms with E-state index in [1.807, 2.05) is 39.0 Å². The van der Waals surface area contributed by atoms with Crippen molar-refractivity contribution in [2.45, 2.75) is 31.6 Å². The predicted molar refractivity (Wildman–Crippen MR) is 68.3 cm³/mol. The molecule has 0 spiro atoms. The number of halogens is 1. The molecule has 0 aliphatic rings. The Bertz CT molecular complexity index is 340. The third kappa shape index (κ3) is 3.59. The highest BCUT2D eigenvalue weighted by Gasteiger charge is 2.20. The zero-order valence-electron chi connectivity index (χ0n) is 9.77. The molecule has 0 saturated heterocycles. The Morgan fingerprint density at radius 2 is 2.06 bits per heavy atom. The Hall–Kier alpha value is -0.900. The highest BCUT2D eigenvalue weighted by Crippen LogP contribution is 2.14. The van der Waals surface area contributed by atoms with Crippen molar-refractivity contribution < 1.29 is 4.79 Å². The zero-order chi connectivity index (χ0) is 12.1. The summed E-state index contributed by atoms with van der Waals surface area (Å²) in [4.78, 5) is 15.8. The summed E-state index contributed by atoms with van der Waals surface area (Å²) in [5.41, 5.74) is 0.874. The molecule has 0 aromatic carbocycles. The highest BCUT2D eigenvalue weighted by atomic mass is 79.9. The van der Waals surface area contributed by atoms with Gasteiger partial charge in [-0.25, -0.2) is 0 Å². The summed E-state index contributed by atoms with van der Waals surface area (Å²) in [6, 6.07) is 5.62. The molecule has 2 atom stereocenters. The van der Waals surface area contributed by atoms with Gasteiger partial charge in [0.2, 0.25) is 5.91 Å². The van der Waals surface area contributed by atoms with Gasteiger partial charge in [-0.1, -0.05) is 35.8 Å². The van der Waals surface area contributed by atoms with Crippen molar-refractivity contribution in [3.8, 4) is 0 Å². The maximum atomic E-state index is 11.8. The van der Waals surface area contributed by atoms with Gasteiger partial charge in [-0.3, -0.25) is 9.78 Å². The van der Waals surface area contributed by atoms with Crippen LogP contribution in [-0.2, 0) is 4.79 Å². The van der Waals surface area contributed by atoms with Crippen LogP contribution in [-0.4, -0.2) is 15.7 Å². The minimum atomic E-state index is -0.154. The van der Waals surface area contributed by atoms with Gasteiger partial charge in [0.15, 0.2) is 0 Å². The van der Waals surface area contributed by atoms with Crippen molar-refractivity contribution in [2.24, 2.45) is 5.92 Å². The highest BCUT2D eigenvalue weighted by molar-refractivity contribution is 9.10. The van der Waals surface area contributed by atoms with Crippen LogP contribution < -0.4 is 5.32 Å². The molecule has 88 valence electrons. The fourth-order valence-electron chi connectivity index (χ4n) is 1.30. The SMILES string of the molecule is CC(C)C(Br)C(=O)N[C@H](C)c1ccccn1. The van der Waals surface area contributed by atoms with E-state index in [-0.39, 0.29) is 22.7 Å². The summed E-state index contributed by atoms with van der Waals surface area (Å²) >= 11 is 3.38. The fourth-order valence-corrected chi connectivity index (χ4v) is 1.43. The van der Waals surface area contributed by atoms with E-state index in [9.17, 15) is 4.79 Å². The number of nitrogens with zero attached hydrogens (tertiary/aromatic N) is 1. The number of carbonyl (C=O) groups is 1. The van der Waals surface area contributed by atoms with Crippen molar-refractivity contribution >= 4 is 21.8 Å². The average molecular weight is 285 g/mol. The lowest BCUT2D eigenvalue weighted by atomic mass is 10.1. The lowest BCUT2D eigenvalue weighted by molar-refractivity contribution is -0.121. The third-order valence-electron chi connectivity index (χ3n) is 2.33. The van der Waals surface area contributed by atoms with E-state index in [4.69, 9.17) is 0 Å². The summed E-state index contributed by atoms with van der Waals surface area (Å²) in [5, 5.41) is 2.93. The number of carbonyl (C=O) groups excluding carboxylic acids is 1. The molecule has 0 aliphatic carbocycles.